The van der Waals surface area contributed by atoms with E-state index in [2.05, 4.69) is 15.9 Å². The normalized spacial score (nSPS) is 10.3. The van der Waals surface area contributed by atoms with E-state index in [1.165, 1.54) is 0 Å². The first-order valence-electron chi connectivity index (χ1n) is 8.00. The van der Waals surface area contributed by atoms with E-state index in [4.69, 9.17) is 4.74 Å². The molecule has 0 aliphatic rings. The Hall–Kier alpha value is -2.59. The first-order valence-corrected chi connectivity index (χ1v) is 9.12. The predicted octanol–water partition coefficient (Wildman–Crippen LogP) is 5.41. The maximum Gasteiger partial charge on any atom is 0.238 e. The van der Waals surface area contributed by atoms with E-state index < -0.39 is 0 Å². The molecule has 3 aromatic carbocycles. The van der Waals surface area contributed by atoms with E-state index in [1.54, 1.807) is 4.90 Å². The SMILES string of the molecule is O=C(CBr)N(Cc1ccccc1)c1ccccc1Oc1ccccc1. The van der Waals surface area contributed by atoms with Crippen LogP contribution in [0.3, 0.4) is 0 Å². The van der Waals surface area contributed by atoms with Gasteiger partial charge in [0.15, 0.2) is 5.75 Å². The molecular formula is C21H18BrNO2. The minimum Gasteiger partial charge on any atom is -0.455 e. The van der Waals surface area contributed by atoms with Crippen LogP contribution >= 0.6 is 15.9 Å². The van der Waals surface area contributed by atoms with Gasteiger partial charge in [-0.25, -0.2) is 0 Å². The van der Waals surface area contributed by atoms with Gasteiger partial charge in [-0.05, 0) is 29.8 Å². The van der Waals surface area contributed by atoms with Crippen LogP contribution in [0.4, 0.5) is 5.69 Å². The fourth-order valence-corrected chi connectivity index (χ4v) is 2.83. The first kappa shape index (κ1) is 17.2. The van der Waals surface area contributed by atoms with E-state index in [0.717, 1.165) is 17.0 Å². The molecule has 25 heavy (non-hydrogen) atoms. The molecule has 0 saturated carbocycles. The predicted molar refractivity (Wildman–Crippen MR) is 104 cm³/mol. The molecule has 0 fully saturated rings. The van der Waals surface area contributed by atoms with Gasteiger partial charge in [0.05, 0.1) is 17.6 Å². The first-order chi connectivity index (χ1) is 12.3. The highest BCUT2D eigenvalue weighted by atomic mass is 79.9. The number of amides is 1. The number of ether oxygens (including phenoxy) is 1. The highest BCUT2D eigenvalue weighted by molar-refractivity contribution is 9.09. The van der Waals surface area contributed by atoms with Crippen molar-refractivity contribution in [2.45, 2.75) is 6.54 Å². The largest absolute Gasteiger partial charge is 0.455 e. The zero-order valence-corrected chi connectivity index (χ0v) is 15.2. The molecule has 0 aromatic heterocycles. The third-order valence-corrected chi connectivity index (χ3v) is 4.21. The Morgan fingerprint density at radius 2 is 1.44 bits per heavy atom. The highest BCUT2D eigenvalue weighted by Gasteiger charge is 2.19. The molecule has 1 amide bonds. The van der Waals surface area contributed by atoms with Crippen LogP contribution in [0.5, 0.6) is 11.5 Å². The van der Waals surface area contributed by atoms with Gasteiger partial charge >= 0.3 is 0 Å². The van der Waals surface area contributed by atoms with Crippen LogP contribution in [-0.2, 0) is 11.3 Å². The van der Waals surface area contributed by atoms with Crippen molar-refractivity contribution in [3.05, 3.63) is 90.5 Å². The third kappa shape index (κ3) is 4.48. The van der Waals surface area contributed by atoms with Crippen molar-refractivity contribution in [1.82, 2.24) is 0 Å². The summed E-state index contributed by atoms with van der Waals surface area (Å²) in [7, 11) is 0. The summed E-state index contributed by atoms with van der Waals surface area (Å²) in [5.74, 6) is 1.37. The number of nitrogens with zero attached hydrogens (tertiary/aromatic N) is 1. The van der Waals surface area contributed by atoms with Gasteiger partial charge < -0.3 is 9.64 Å². The lowest BCUT2D eigenvalue weighted by atomic mass is 10.2. The van der Waals surface area contributed by atoms with Gasteiger partial charge in [0.2, 0.25) is 5.91 Å². The lowest BCUT2D eigenvalue weighted by Crippen LogP contribution is -2.31. The summed E-state index contributed by atoms with van der Waals surface area (Å²) in [5, 5.41) is 0.250. The number of rotatable bonds is 6. The van der Waals surface area contributed by atoms with Crippen molar-refractivity contribution >= 4 is 27.5 Å². The van der Waals surface area contributed by atoms with Crippen molar-refractivity contribution in [2.75, 3.05) is 10.2 Å². The summed E-state index contributed by atoms with van der Waals surface area (Å²) >= 11 is 3.29. The molecule has 0 bridgehead atoms. The lowest BCUT2D eigenvalue weighted by molar-refractivity contribution is -0.116. The summed E-state index contributed by atoms with van der Waals surface area (Å²) in [5.41, 5.74) is 1.81. The molecule has 0 saturated heterocycles. The molecule has 0 radical (unpaired) electrons. The van der Waals surface area contributed by atoms with Gasteiger partial charge in [-0.3, -0.25) is 4.79 Å². The average Bonchev–Trinajstić information content (AvgIpc) is 2.68. The lowest BCUT2D eigenvalue weighted by Gasteiger charge is -2.24. The molecule has 3 nitrogen and oxygen atoms in total. The summed E-state index contributed by atoms with van der Waals surface area (Å²) < 4.78 is 6.01. The molecule has 0 unspecified atom stereocenters. The second-order valence-electron chi connectivity index (χ2n) is 5.48. The molecule has 0 aliphatic heterocycles. The van der Waals surface area contributed by atoms with Crippen LogP contribution in [0.15, 0.2) is 84.9 Å². The van der Waals surface area contributed by atoms with Crippen LogP contribution in [0.2, 0.25) is 0 Å². The van der Waals surface area contributed by atoms with Crippen LogP contribution in [0, 0.1) is 0 Å². The molecular weight excluding hydrogens is 378 g/mol. The molecule has 126 valence electrons. The van der Waals surface area contributed by atoms with Gasteiger partial charge in [-0.1, -0.05) is 76.6 Å². The maximum absolute atomic E-state index is 12.5. The second kappa shape index (κ2) is 8.49. The molecule has 0 atom stereocenters. The van der Waals surface area contributed by atoms with Gasteiger partial charge in [0.1, 0.15) is 5.75 Å². The Kier molecular flexibility index (Phi) is 5.86. The van der Waals surface area contributed by atoms with E-state index >= 15 is 0 Å². The number of halogens is 1. The fourth-order valence-electron chi connectivity index (χ4n) is 2.53. The van der Waals surface area contributed by atoms with E-state index in [0.29, 0.717) is 12.3 Å². The Bertz CT molecular complexity index is 822. The fraction of sp³-hybridized carbons (Fsp3) is 0.0952. The standard InChI is InChI=1S/C21H18BrNO2/c22-15-21(24)23(16-17-9-3-1-4-10-17)19-13-7-8-14-20(19)25-18-11-5-2-6-12-18/h1-14H,15-16H2. The maximum atomic E-state index is 12.5. The molecule has 0 N–H and O–H groups in total. The summed E-state index contributed by atoms with van der Waals surface area (Å²) in [6.07, 6.45) is 0. The number of benzene rings is 3. The monoisotopic (exact) mass is 395 g/mol. The smallest absolute Gasteiger partial charge is 0.238 e. The molecule has 3 aromatic rings. The zero-order valence-electron chi connectivity index (χ0n) is 13.6. The minimum atomic E-state index is -0.0204. The van der Waals surface area contributed by atoms with Gasteiger partial charge in [0, 0.05) is 0 Å². The van der Waals surface area contributed by atoms with Crippen LogP contribution in [0.25, 0.3) is 0 Å². The second-order valence-corrected chi connectivity index (χ2v) is 6.04. The van der Waals surface area contributed by atoms with Gasteiger partial charge in [-0.15, -0.1) is 0 Å². The summed E-state index contributed by atoms with van der Waals surface area (Å²) in [6.45, 7) is 0.487. The van der Waals surface area contributed by atoms with Gasteiger partial charge in [-0.2, -0.15) is 0 Å². The van der Waals surface area contributed by atoms with Gasteiger partial charge in [0.25, 0.3) is 0 Å². The zero-order chi connectivity index (χ0) is 17.5. The van der Waals surface area contributed by atoms with Crippen molar-refractivity contribution in [3.8, 4) is 11.5 Å². The molecule has 0 aliphatic carbocycles. The van der Waals surface area contributed by atoms with Crippen molar-refractivity contribution in [2.24, 2.45) is 0 Å². The summed E-state index contributed by atoms with van der Waals surface area (Å²) in [6, 6.07) is 27.1. The van der Waals surface area contributed by atoms with Crippen molar-refractivity contribution in [1.29, 1.82) is 0 Å². The highest BCUT2D eigenvalue weighted by Crippen LogP contribution is 2.33. The van der Waals surface area contributed by atoms with E-state index in [9.17, 15) is 4.79 Å². The molecule has 0 spiro atoms. The quantitative estimate of drug-likeness (QED) is 0.522. The molecule has 3 rings (SSSR count). The number of para-hydroxylation sites is 3. The van der Waals surface area contributed by atoms with E-state index in [1.807, 2.05) is 84.9 Å². The molecule has 4 heteroatoms. The molecule has 0 heterocycles. The van der Waals surface area contributed by atoms with Crippen LogP contribution < -0.4 is 9.64 Å². The minimum absolute atomic E-state index is 0.0204. The van der Waals surface area contributed by atoms with Crippen molar-refractivity contribution in [3.63, 3.8) is 0 Å². The van der Waals surface area contributed by atoms with Crippen LogP contribution in [0.1, 0.15) is 5.56 Å². The Morgan fingerprint density at radius 3 is 2.12 bits per heavy atom. The topological polar surface area (TPSA) is 29.5 Å². The number of hydrogen-bond acceptors (Lipinski definition) is 2. The van der Waals surface area contributed by atoms with Crippen molar-refractivity contribution < 1.29 is 9.53 Å². The average molecular weight is 396 g/mol. The third-order valence-electron chi connectivity index (χ3n) is 3.73. The Labute approximate surface area is 156 Å². The van der Waals surface area contributed by atoms with Crippen LogP contribution in [-0.4, -0.2) is 11.2 Å². The number of hydrogen-bond donors (Lipinski definition) is 0. The Balaban J connectivity index is 1.94. The number of anilines is 1. The number of alkyl halides is 1. The van der Waals surface area contributed by atoms with E-state index in [-0.39, 0.29) is 11.2 Å². The Morgan fingerprint density at radius 1 is 0.840 bits per heavy atom. The summed E-state index contributed by atoms with van der Waals surface area (Å²) in [4.78, 5) is 14.3. The number of carbonyl (C=O) groups is 1. The number of carbonyl (C=O) groups excluding carboxylic acids is 1.